The van der Waals surface area contributed by atoms with E-state index < -0.39 is 5.97 Å². The van der Waals surface area contributed by atoms with Gasteiger partial charge in [-0.1, -0.05) is 29.3 Å². The standard InChI is InChI=1S/C16H19BrN4O3/c1-3-4-9-21-15(18-19-20-21)11-24-16(22)8-5-12-10-13(17)6-7-14(12)23-2/h5-8,10H,3-4,9,11H2,1-2H3/b8-5+. The van der Waals surface area contributed by atoms with Gasteiger partial charge in [-0.05, 0) is 41.1 Å². The van der Waals surface area contributed by atoms with Gasteiger partial charge in [-0.25, -0.2) is 9.48 Å². The van der Waals surface area contributed by atoms with Crippen molar-refractivity contribution in [1.82, 2.24) is 20.2 Å². The second-order valence-corrected chi connectivity index (χ2v) is 5.91. The van der Waals surface area contributed by atoms with Crippen LogP contribution in [-0.2, 0) is 22.7 Å². The van der Waals surface area contributed by atoms with Crippen molar-refractivity contribution in [2.45, 2.75) is 32.9 Å². The van der Waals surface area contributed by atoms with Crippen LogP contribution in [0.2, 0.25) is 0 Å². The molecule has 2 aromatic rings. The zero-order valence-corrected chi connectivity index (χ0v) is 15.2. The fourth-order valence-electron chi connectivity index (χ4n) is 1.99. The highest BCUT2D eigenvalue weighted by Crippen LogP contribution is 2.24. The van der Waals surface area contributed by atoms with Crippen LogP contribution in [0.4, 0.5) is 0 Å². The van der Waals surface area contributed by atoms with E-state index in [-0.39, 0.29) is 6.61 Å². The summed E-state index contributed by atoms with van der Waals surface area (Å²) in [6.07, 6.45) is 5.00. The van der Waals surface area contributed by atoms with Crippen molar-refractivity contribution in [2.75, 3.05) is 7.11 Å². The maximum atomic E-state index is 11.9. The number of hydrogen-bond donors (Lipinski definition) is 0. The second-order valence-electron chi connectivity index (χ2n) is 5.00. The predicted molar refractivity (Wildman–Crippen MR) is 92.2 cm³/mol. The molecule has 0 aliphatic heterocycles. The molecule has 24 heavy (non-hydrogen) atoms. The molecule has 8 heteroatoms. The number of aromatic nitrogens is 4. The molecule has 0 spiro atoms. The van der Waals surface area contributed by atoms with Crippen LogP contribution < -0.4 is 4.74 Å². The van der Waals surface area contributed by atoms with Crippen LogP contribution >= 0.6 is 15.9 Å². The van der Waals surface area contributed by atoms with E-state index in [0.29, 0.717) is 18.1 Å². The predicted octanol–water partition coefficient (Wildman–Crippen LogP) is 3.00. The average Bonchev–Trinajstić information content (AvgIpc) is 3.03. The van der Waals surface area contributed by atoms with E-state index in [9.17, 15) is 4.79 Å². The van der Waals surface area contributed by atoms with Gasteiger partial charge in [0.2, 0.25) is 0 Å². The van der Waals surface area contributed by atoms with Gasteiger partial charge in [0.25, 0.3) is 0 Å². The molecule has 0 aliphatic rings. The summed E-state index contributed by atoms with van der Waals surface area (Å²) >= 11 is 3.39. The number of halogens is 1. The van der Waals surface area contributed by atoms with Crippen LogP contribution in [0.5, 0.6) is 5.75 Å². The monoisotopic (exact) mass is 394 g/mol. The molecule has 0 saturated carbocycles. The number of tetrazole rings is 1. The largest absolute Gasteiger partial charge is 0.496 e. The molecule has 7 nitrogen and oxygen atoms in total. The number of aryl methyl sites for hydroxylation is 1. The van der Waals surface area contributed by atoms with Crippen molar-refractivity contribution in [3.05, 3.63) is 40.1 Å². The third-order valence-electron chi connectivity index (χ3n) is 3.26. The SMILES string of the molecule is CCCCn1nnnc1COC(=O)/C=C/c1cc(Br)ccc1OC. The highest BCUT2D eigenvalue weighted by atomic mass is 79.9. The van der Waals surface area contributed by atoms with Crippen LogP contribution in [0, 0.1) is 0 Å². The van der Waals surface area contributed by atoms with Gasteiger partial charge >= 0.3 is 5.97 Å². The van der Waals surface area contributed by atoms with E-state index in [1.54, 1.807) is 17.9 Å². The Hall–Kier alpha value is -2.22. The summed E-state index contributed by atoms with van der Waals surface area (Å²) in [4.78, 5) is 11.9. The Balaban J connectivity index is 1.94. The number of benzene rings is 1. The molecule has 0 aliphatic carbocycles. The number of nitrogens with zero attached hydrogens (tertiary/aromatic N) is 4. The maximum absolute atomic E-state index is 11.9. The minimum atomic E-state index is -0.470. The van der Waals surface area contributed by atoms with Crippen molar-refractivity contribution in [3.8, 4) is 5.75 Å². The molecule has 0 radical (unpaired) electrons. The lowest BCUT2D eigenvalue weighted by molar-refractivity contribution is -0.139. The highest BCUT2D eigenvalue weighted by molar-refractivity contribution is 9.10. The van der Waals surface area contributed by atoms with Crippen LogP contribution in [0.25, 0.3) is 6.08 Å². The lowest BCUT2D eigenvalue weighted by atomic mass is 10.2. The lowest BCUT2D eigenvalue weighted by Crippen LogP contribution is -2.09. The number of rotatable bonds is 8. The highest BCUT2D eigenvalue weighted by Gasteiger charge is 2.08. The summed E-state index contributed by atoms with van der Waals surface area (Å²) in [5, 5.41) is 11.4. The Bertz CT molecular complexity index is 715. The number of hydrogen-bond acceptors (Lipinski definition) is 6. The smallest absolute Gasteiger partial charge is 0.331 e. The third kappa shape index (κ3) is 5.16. The molecule has 0 amide bonds. The first-order valence-corrected chi connectivity index (χ1v) is 8.36. The summed E-state index contributed by atoms with van der Waals surface area (Å²) in [6.45, 7) is 2.84. The number of carbonyl (C=O) groups is 1. The van der Waals surface area contributed by atoms with E-state index >= 15 is 0 Å². The molecule has 0 N–H and O–H groups in total. The first-order valence-electron chi connectivity index (χ1n) is 7.57. The lowest BCUT2D eigenvalue weighted by Gasteiger charge is -2.05. The summed E-state index contributed by atoms with van der Waals surface area (Å²) in [7, 11) is 1.58. The molecule has 0 saturated heterocycles. The minimum absolute atomic E-state index is 0.0372. The van der Waals surface area contributed by atoms with Gasteiger partial charge in [0.15, 0.2) is 12.4 Å². The fraction of sp³-hybridized carbons (Fsp3) is 0.375. The third-order valence-corrected chi connectivity index (χ3v) is 3.76. The van der Waals surface area contributed by atoms with E-state index in [0.717, 1.165) is 22.9 Å². The van der Waals surface area contributed by atoms with Gasteiger partial charge in [0.05, 0.1) is 7.11 Å². The molecule has 2 rings (SSSR count). The maximum Gasteiger partial charge on any atom is 0.331 e. The van der Waals surface area contributed by atoms with E-state index in [2.05, 4.69) is 38.4 Å². The summed E-state index contributed by atoms with van der Waals surface area (Å²) in [6, 6.07) is 5.54. The molecule has 0 atom stereocenters. The number of methoxy groups -OCH3 is 1. The summed E-state index contributed by atoms with van der Waals surface area (Å²) < 4.78 is 13.0. The minimum Gasteiger partial charge on any atom is -0.496 e. The van der Waals surface area contributed by atoms with Crippen molar-refractivity contribution in [1.29, 1.82) is 0 Å². The van der Waals surface area contributed by atoms with Crippen LogP contribution in [0.1, 0.15) is 31.2 Å². The van der Waals surface area contributed by atoms with Crippen molar-refractivity contribution in [2.24, 2.45) is 0 Å². The molecule has 0 bridgehead atoms. The Labute approximate surface area is 148 Å². The number of carbonyl (C=O) groups excluding carboxylic acids is 1. The molecule has 1 aromatic carbocycles. The first-order chi connectivity index (χ1) is 11.6. The fourth-order valence-corrected chi connectivity index (χ4v) is 2.36. The summed E-state index contributed by atoms with van der Waals surface area (Å²) in [5.41, 5.74) is 0.775. The normalized spacial score (nSPS) is 11.0. The van der Waals surface area contributed by atoms with Gasteiger partial charge in [0.1, 0.15) is 5.75 Å². The number of esters is 1. The van der Waals surface area contributed by atoms with Crippen LogP contribution in [-0.4, -0.2) is 33.3 Å². The average molecular weight is 395 g/mol. The van der Waals surface area contributed by atoms with Gasteiger partial charge in [-0.3, -0.25) is 0 Å². The Kier molecular flexibility index (Phi) is 6.92. The van der Waals surface area contributed by atoms with Crippen LogP contribution in [0.15, 0.2) is 28.7 Å². The Morgan fingerprint density at radius 3 is 3.00 bits per heavy atom. The van der Waals surface area contributed by atoms with Crippen molar-refractivity contribution in [3.63, 3.8) is 0 Å². The van der Waals surface area contributed by atoms with Gasteiger partial charge < -0.3 is 9.47 Å². The second kappa shape index (κ2) is 9.17. The Morgan fingerprint density at radius 2 is 2.25 bits per heavy atom. The van der Waals surface area contributed by atoms with E-state index in [4.69, 9.17) is 9.47 Å². The topological polar surface area (TPSA) is 79.1 Å². The molecule has 1 aromatic heterocycles. The van der Waals surface area contributed by atoms with Gasteiger partial charge in [0, 0.05) is 22.7 Å². The molecule has 0 unspecified atom stereocenters. The first kappa shape index (κ1) is 18.1. The van der Waals surface area contributed by atoms with Crippen molar-refractivity contribution < 1.29 is 14.3 Å². The summed E-state index contributed by atoms with van der Waals surface area (Å²) in [5.74, 6) is 0.734. The van der Waals surface area contributed by atoms with E-state index in [1.807, 2.05) is 18.2 Å². The molecule has 128 valence electrons. The Morgan fingerprint density at radius 1 is 1.42 bits per heavy atom. The zero-order valence-electron chi connectivity index (χ0n) is 13.6. The number of unbranched alkanes of at least 4 members (excludes halogenated alkanes) is 1. The van der Waals surface area contributed by atoms with Crippen LogP contribution in [0.3, 0.4) is 0 Å². The molecular weight excluding hydrogens is 376 g/mol. The molecular formula is C16H19BrN4O3. The van der Waals surface area contributed by atoms with E-state index in [1.165, 1.54) is 6.08 Å². The number of ether oxygens (including phenoxy) is 2. The van der Waals surface area contributed by atoms with Gasteiger partial charge in [-0.2, -0.15) is 0 Å². The van der Waals surface area contributed by atoms with Gasteiger partial charge in [-0.15, -0.1) is 5.10 Å². The van der Waals surface area contributed by atoms with Crippen molar-refractivity contribution >= 4 is 28.0 Å². The molecule has 0 fully saturated rings. The quantitative estimate of drug-likeness (QED) is 0.505. The molecule has 1 heterocycles. The zero-order chi connectivity index (χ0) is 17.4.